The maximum atomic E-state index is 11.0. The lowest BCUT2D eigenvalue weighted by molar-refractivity contribution is 0.344. The van der Waals surface area contributed by atoms with E-state index in [0.717, 1.165) is 12.8 Å². The van der Waals surface area contributed by atoms with E-state index in [1.165, 1.54) is 25.7 Å². The van der Waals surface area contributed by atoms with Crippen LogP contribution in [0.15, 0.2) is 60.7 Å². The highest BCUT2D eigenvalue weighted by molar-refractivity contribution is 7.61. The van der Waals surface area contributed by atoms with Gasteiger partial charge in [-0.05, 0) is 37.1 Å². The summed E-state index contributed by atoms with van der Waals surface area (Å²) in [6.45, 7) is 2.21. The molecule has 0 saturated carbocycles. The van der Waals surface area contributed by atoms with Gasteiger partial charge in [0.15, 0.2) is 17.7 Å². The van der Waals surface area contributed by atoms with E-state index in [-0.39, 0.29) is 0 Å². The standard InChI is InChI=1S/C20H28O3P/c1-2-3-4-5-6-13-18-24(21,22-19-14-9-7-10-15-19)23-20-16-11-8-12-17-20/h7-12,14-17,21H,2-6,13,18H2,1H3/q+1. The van der Waals surface area contributed by atoms with Crippen LogP contribution < -0.4 is 9.05 Å². The lowest BCUT2D eigenvalue weighted by Crippen LogP contribution is -2.12. The molecule has 3 nitrogen and oxygen atoms in total. The second-order valence-electron chi connectivity index (χ2n) is 5.94. The highest BCUT2D eigenvalue weighted by Gasteiger charge is 2.43. The third-order valence-corrected chi connectivity index (χ3v) is 5.65. The first kappa shape index (κ1) is 18.8. The van der Waals surface area contributed by atoms with Gasteiger partial charge in [0, 0.05) is 0 Å². The summed E-state index contributed by atoms with van der Waals surface area (Å²) in [6, 6.07) is 18.8. The molecule has 2 aromatic rings. The van der Waals surface area contributed by atoms with E-state index in [1.54, 1.807) is 0 Å². The van der Waals surface area contributed by atoms with Crippen molar-refractivity contribution in [3.8, 4) is 11.5 Å². The second kappa shape index (κ2) is 10.3. The quantitative estimate of drug-likeness (QED) is 0.385. The Morgan fingerprint density at radius 3 is 1.67 bits per heavy atom. The third-order valence-electron chi connectivity index (χ3n) is 3.78. The van der Waals surface area contributed by atoms with Crippen LogP contribution in [0.1, 0.15) is 45.4 Å². The molecule has 0 aliphatic carbocycles. The Morgan fingerprint density at radius 2 is 1.17 bits per heavy atom. The summed E-state index contributed by atoms with van der Waals surface area (Å²) in [5, 5.41) is 0. The summed E-state index contributed by atoms with van der Waals surface area (Å²) in [5.41, 5.74) is 0. The van der Waals surface area contributed by atoms with E-state index in [2.05, 4.69) is 6.92 Å². The summed E-state index contributed by atoms with van der Waals surface area (Å²) in [4.78, 5) is 11.0. The predicted octanol–water partition coefficient (Wildman–Crippen LogP) is 6.26. The van der Waals surface area contributed by atoms with Gasteiger partial charge in [0.25, 0.3) is 0 Å². The lowest BCUT2D eigenvalue weighted by atomic mass is 10.1. The minimum absolute atomic E-state index is 0.545. The summed E-state index contributed by atoms with van der Waals surface area (Å²) in [6.07, 6.45) is 7.53. The number of hydrogen-bond acceptors (Lipinski definition) is 3. The number of hydrogen-bond donors (Lipinski definition) is 1. The molecule has 4 heteroatoms. The molecule has 0 spiro atoms. The molecule has 0 radical (unpaired) electrons. The van der Waals surface area contributed by atoms with Gasteiger partial charge < -0.3 is 0 Å². The summed E-state index contributed by atoms with van der Waals surface area (Å²) in [5.74, 6) is 1.30. The van der Waals surface area contributed by atoms with Crippen molar-refractivity contribution < 1.29 is 13.9 Å². The maximum Gasteiger partial charge on any atom is 0.495 e. The monoisotopic (exact) mass is 347 g/mol. The van der Waals surface area contributed by atoms with Gasteiger partial charge >= 0.3 is 7.94 Å². The van der Waals surface area contributed by atoms with Crippen molar-refractivity contribution in [2.75, 3.05) is 6.16 Å². The van der Waals surface area contributed by atoms with Crippen LogP contribution in [0.2, 0.25) is 0 Å². The van der Waals surface area contributed by atoms with Crippen LogP contribution >= 0.6 is 7.94 Å². The molecule has 0 aliphatic rings. The van der Waals surface area contributed by atoms with Crippen LogP contribution in [0.4, 0.5) is 0 Å². The van der Waals surface area contributed by atoms with Crippen molar-refractivity contribution in [2.45, 2.75) is 45.4 Å². The van der Waals surface area contributed by atoms with Gasteiger partial charge in [0.2, 0.25) is 0 Å². The first-order chi connectivity index (χ1) is 11.7. The van der Waals surface area contributed by atoms with Crippen molar-refractivity contribution in [3.63, 3.8) is 0 Å². The van der Waals surface area contributed by atoms with Crippen LogP contribution in [-0.2, 0) is 0 Å². The Bertz CT molecular complexity index is 518. The van der Waals surface area contributed by atoms with Crippen LogP contribution in [0.25, 0.3) is 0 Å². The van der Waals surface area contributed by atoms with Crippen molar-refractivity contribution in [3.05, 3.63) is 60.7 Å². The fourth-order valence-electron chi connectivity index (χ4n) is 2.49. The average Bonchev–Trinajstić information content (AvgIpc) is 2.60. The maximum absolute atomic E-state index is 11.0. The Hall–Kier alpha value is -1.57. The summed E-state index contributed by atoms with van der Waals surface area (Å²) in [7, 11) is -2.97. The van der Waals surface area contributed by atoms with Crippen LogP contribution in [-0.4, -0.2) is 11.1 Å². The molecule has 0 fully saturated rings. The first-order valence-electron chi connectivity index (χ1n) is 8.82. The van der Waals surface area contributed by atoms with E-state index in [4.69, 9.17) is 9.05 Å². The van der Waals surface area contributed by atoms with Crippen LogP contribution in [0.3, 0.4) is 0 Å². The molecule has 0 aliphatic heterocycles. The predicted molar refractivity (Wildman–Crippen MR) is 102 cm³/mol. The molecule has 0 unspecified atom stereocenters. The van der Waals surface area contributed by atoms with E-state index in [9.17, 15) is 4.89 Å². The number of benzene rings is 2. The second-order valence-corrected chi connectivity index (χ2v) is 8.02. The topological polar surface area (TPSA) is 38.7 Å². The Kier molecular flexibility index (Phi) is 8.07. The zero-order valence-electron chi connectivity index (χ0n) is 14.4. The number of unbranched alkanes of at least 4 members (excludes halogenated alkanes) is 5. The Morgan fingerprint density at radius 1 is 0.708 bits per heavy atom. The van der Waals surface area contributed by atoms with Crippen LogP contribution in [0, 0.1) is 0 Å². The van der Waals surface area contributed by atoms with Crippen molar-refractivity contribution in [1.29, 1.82) is 0 Å². The molecule has 0 atom stereocenters. The van der Waals surface area contributed by atoms with Gasteiger partial charge in [-0.2, -0.15) is 4.89 Å². The van der Waals surface area contributed by atoms with Gasteiger partial charge in [-0.3, -0.25) is 9.05 Å². The smallest absolute Gasteiger partial charge is 0.278 e. The first-order valence-corrected chi connectivity index (χ1v) is 10.6. The molecule has 0 amide bonds. The Balaban J connectivity index is 1.95. The molecule has 0 heterocycles. The largest absolute Gasteiger partial charge is 0.495 e. The average molecular weight is 347 g/mol. The highest BCUT2D eigenvalue weighted by Crippen LogP contribution is 2.56. The van der Waals surface area contributed by atoms with E-state index >= 15 is 0 Å². The molecule has 0 aromatic heterocycles. The van der Waals surface area contributed by atoms with E-state index in [0.29, 0.717) is 17.7 Å². The fraction of sp³-hybridized carbons (Fsp3) is 0.400. The zero-order valence-corrected chi connectivity index (χ0v) is 15.3. The lowest BCUT2D eigenvalue weighted by Gasteiger charge is -2.18. The number of rotatable bonds is 11. The van der Waals surface area contributed by atoms with E-state index in [1.807, 2.05) is 60.7 Å². The molecule has 0 bridgehead atoms. The van der Waals surface area contributed by atoms with Gasteiger partial charge in [0.1, 0.15) is 0 Å². The third kappa shape index (κ3) is 6.90. The van der Waals surface area contributed by atoms with Gasteiger partial charge in [-0.15, -0.1) is 0 Å². The molecule has 0 saturated heterocycles. The summed E-state index contributed by atoms with van der Waals surface area (Å²) < 4.78 is 11.8. The van der Waals surface area contributed by atoms with Crippen LogP contribution in [0.5, 0.6) is 11.5 Å². The zero-order chi connectivity index (χ0) is 17.1. The fourth-order valence-corrected chi connectivity index (χ4v) is 4.24. The molecule has 24 heavy (non-hydrogen) atoms. The van der Waals surface area contributed by atoms with Crippen molar-refractivity contribution in [2.24, 2.45) is 0 Å². The Labute approximate surface area is 146 Å². The highest BCUT2D eigenvalue weighted by atomic mass is 31.2. The molecule has 2 rings (SSSR count). The van der Waals surface area contributed by atoms with Crippen molar-refractivity contribution in [1.82, 2.24) is 0 Å². The van der Waals surface area contributed by atoms with Gasteiger partial charge in [0.05, 0.1) is 0 Å². The minimum Gasteiger partial charge on any atom is -0.278 e. The van der Waals surface area contributed by atoms with Crippen molar-refractivity contribution >= 4 is 7.94 Å². The molecule has 1 N–H and O–H groups in total. The molecular formula is C20H28O3P+. The normalized spacial score (nSPS) is 11.2. The molecule has 130 valence electrons. The van der Waals surface area contributed by atoms with Gasteiger partial charge in [-0.1, -0.05) is 69.0 Å². The van der Waals surface area contributed by atoms with Gasteiger partial charge in [-0.25, -0.2) is 0 Å². The van der Waals surface area contributed by atoms with E-state index < -0.39 is 7.94 Å². The number of para-hydroxylation sites is 2. The SMILES string of the molecule is CCCCCCCC[P+](O)(Oc1ccccc1)Oc1ccccc1. The minimum atomic E-state index is -2.97. The summed E-state index contributed by atoms with van der Waals surface area (Å²) >= 11 is 0. The molecule has 2 aromatic carbocycles. The molecular weight excluding hydrogens is 319 g/mol.